The molecule has 0 radical (unpaired) electrons. The molecule has 0 bridgehead atoms. The van der Waals surface area contributed by atoms with Crippen molar-refractivity contribution in [2.45, 2.75) is 18.7 Å². The average Bonchev–Trinajstić information content (AvgIpc) is 2.74. The molecule has 0 saturated carbocycles. The summed E-state index contributed by atoms with van der Waals surface area (Å²) in [5.74, 6) is 0.136. The lowest BCUT2D eigenvalue weighted by atomic mass is 10.1. The zero-order chi connectivity index (χ0) is 21.7. The van der Waals surface area contributed by atoms with Crippen molar-refractivity contribution in [3.05, 3.63) is 83.9 Å². The van der Waals surface area contributed by atoms with E-state index in [0.29, 0.717) is 17.1 Å². The van der Waals surface area contributed by atoms with Gasteiger partial charge in [0, 0.05) is 11.8 Å². The maximum Gasteiger partial charge on any atom is 0.264 e. The minimum Gasteiger partial charge on any atom is -0.497 e. The van der Waals surface area contributed by atoms with E-state index in [1.807, 2.05) is 19.9 Å². The summed E-state index contributed by atoms with van der Waals surface area (Å²) in [4.78, 5) is 12.9. The number of carbonyl (C=O) groups excluding carboxylic acids is 1. The number of benzene rings is 3. The first-order valence-corrected chi connectivity index (χ1v) is 10.8. The van der Waals surface area contributed by atoms with Crippen LogP contribution in [0.25, 0.3) is 0 Å². The number of anilines is 2. The molecule has 3 aromatic rings. The van der Waals surface area contributed by atoms with Gasteiger partial charge < -0.3 is 10.1 Å². The number of aryl methyl sites for hydroxylation is 2. The van der Waals surface area contributed by atoms with Gasteiger partial charge in [-0.15, -0.1) is 0 Å². The van der Waals surface area contributed by atoms with E-state index in [9.17, 15) is 13.2 Å². The quantitative estimate of drug-likeness (QED) is 0.618. The number of hydrogen-bond donors (Lipinski definition) is 1. The predicted molar refractivity (Wildman–Crippen MR) is 119 cm³/mol. The Balaban J connectivity index is 1.95. The molecule has 0 heterocycles. The second-order valence-electron chi connectivity index (χ2n) is 6.87. The van der Waals surface area contributed by atoms with Crippen molar-refractivity contribution in [3.8, 4) is 5.75 Å². The molecule has 0 aliphatic rings. The van der Waals surface area contributed by atoms with Gasteiger partial charge in [0.15, 0.2) is 0 Å². The second kappa shape index (κ2) is 9.00. The summed E-state index contributed by atoms with van der Waals surface area (Å²) >= 11 is 0. The Labute approximate surface area is 177 Å². The molecule has 0 fully saturated rings. The van der Waals surface area contributed by atoms with Crippen LogP contribution in [0, 0.1) is 13.8 Å². The number of rotatable bonds is 7. The van der Waals surface area contributed by atoms with E-state index in [-0.39, 0.29) is 11.4 Å². The minimum atomic E-state index is -3.94. The summed E-state index contributed by atoms with van der Waals surface area (Å²) < 4.78 is 33.0. The molecule has 30 heavy (non-hydrogen) atoms. The molecule has 0 aromatic heterocycles. The van der Waals surface area contributed by atoms with Crippen molar-refractivity contribution in [2.24, 2.45) is 0 Å². The molecule has 0 atom stereocenters. The van der Waals surface area contributed by atoms with E-state index in [2.05, 4.69) is 5.32 Å². The molecule has 1 amide bonds. The molecule has 0 unspecified atom stereocenters. The lowest BCUT2D eigenvalue weighted by molar-refractivity contribution is -0.114. The molecular formula is C23H24N2O4S. The zero-order valence-corrected chi connectivity index (χ0v) is 17.9. The fourth-order valence-corrected chi connectivity index (χ4v) is 4.38. The topological polar surface area (TPSA) is 75.7 Å². The number of nitrogens with zero attached hydrogens (tertiary/aromatic N) is 1. The number of amides is 1. The summed E-state index contributed by atoms with van der Waals surface area (Å²) in [5.41, 5.74) is 2.94. The molecule has 0 saturated heterocycles. The van der Waals surface area contributed by atoms with Gasteiger partial charge in [0.2, 0.25) is 5.91 Å². The van der Waals surface area contributed by atoms with Gasteiger partial charge in [0.05, 0.1) is 17.7 Å². The Hall–Kier alpha value is -3.32. The van der Waals surface area contributed by atoms with E-state index in [1.165, 1.54) is 19.2 Å². The lowest BCUT2D eigenvalue weighted by Crippen LogP contribution is -2.38. The number of carbonyl (C=O) groups is 1. The first-order valence-electron chi connectivity index (χ1n) is 9.40. The van der Waals surface area contributed by atoms with Crippen molar-refractivity contribution in [1.29, 1.82) is 0 Å². The lowest BCUT2D eigenvalue weighted by Gasteiger charge is -2.25. The second-order valence-corrected chi connectivity index (χ2v) is 8.74. The Kier molecular flexibility index (Phi) is 6.42. The molecule has 7 heteroatoms. The van der Waals surface area contributed by atoms with Gasteiger partial charge in [-0.05, 0) is 61.4 Å². The number of ether oxygens (including phenoxy) is 1. The van der Waals surface area contributed by atoms with Gasteiger partial charge in [-0.25, -0.2) is 8.42 Å². The normalized spacial score (nSPS) is 11.0. The highest BCUT2D eigenvalue weighted by Crippen LogP contribution is 2.26. The van der Waals surface area contributed by atoms with Crippen molar-refractivity contribution < 1.29 is 17.9 Å². The molecule has 3 aromatic carbocycles. The van der Waals surface area contributed by atoms with Gasteiger partial charge >= 0.3 is 0 Å². The summed E-state index contributed by atoms with van der Waals surface area (Å²) in [6, 6.07) is 20.3. The number of nitrogens with one attached hydrogen (secondary N) is 1. The average molecular weight is 425 g/mol. The van der Waals surface area contributed by atoms with Crippen LogP contribution in [0.5, 0.6) is 5.75 Å². The fraction of sp³-hybridized carbons (Fsp3) is 0.174. The van der Waals surface area contributed by atoms with Gasteiger partial charge in [-0.2, -0.15) is 0 Å². The van der Waals surface area contributed by atoms with Gasteiger partial charge in [0.25, 0.3) is 10.0 Å². The highest BCUT2D eigenvalue weighted by atomic mass is 32.2. The fourth-order valence-electron chi connectivity index (χ4n) is 2.95. The minimum absolute atomic E-state index is 0.123. The third-order valence-corrected chi connectivity index (χ3v) is 6.54. The van der Waals surface area contributed by atoms with Crippen molar-refractivity contribution >= 4 is 27.3 Å². The molecule has 0 aliphatic carbocycles. The summed E-state index contributed by atoms with van der Waals surface area (Å²) in [5, 5.41) is 2.74. The van der Waals surface area contributed by atoms with Crippen LogP contribution in [-0.4, -0.2) is 28.0 Å². The van der Waals surface area contributed by atoms with E-state index in [0.717, 1.165) is 15.4 Å². The predicted octanol–water partition coefficient (Wildman–Crippen LogP) is 4.15. The zero-order valence-electron chi connectivity index (χ0n) is 17.1. The van der Waals surface area contributed by atoms with Crippen LogP contribution in [0.15, 0.2) is 77.7 Å². The first-order chi connectivity index (χ1) is 14.3. The molecule has 3 rings (SSSR count). The van der Waals surface area contributed by atoms with Crippen LogP contribution in [0.1, 0.15) is 11.1 Å². The Morgan fingerprint density at radius 2 is 1.67 bits per heavy atom. The van der Waals surface area contributed by atoms with Crippen molar-refractivity contribution in [2.75, 3.05) is 23.3 Å². The number of sulfonamides is 1. The van der Waals surface area contributed by atoms with E-state index < -0.39 is 15.9 Å². The molecule has 0 aliphatic heterocycles. The van der Waals surface area contributed by atoms with Crippen molar-refractivity contribution in [1.82, 2.24) is 0 Å². The highest BCUT2D eigenvalue weighted by Gasteiger charge is 2.27. The van der Waals surface area contributed by atoms with Gasteiger partial charge in [-0.3, -0.25) is 9.10 Å². The van der Waals surface area contributed by atoms with E-state index >= 15 is 0 Å². The van der Waals surface area contributed by atoms with E-state index in [4.69, 9.17) is 4.74 Å². The van der Waals surface area contributed by atoms with Crippen LogP contribution >= 0.6 is 0 Å². The summed E-state index contributed by atoms with van der Waals surface area (Å²) in [7, 11) is -2.40. The molecule has 6 nitrogen and oxygen atoms in total. The van der Waals surface area contributed by atoms with Gasteiger partial charge in [-0.1, -0.05) is 30.3 Å². The standard InChI is InChI=1S/C23H24N2O4S/c1-17-12-13-20(14-18(17)2)25(30(27,28)22-10-5-4-6-11-22)16-23(26)24-19-8-7-9-21(15-19)29-3/h4-15H,16H2,1-3H3,(H,24,26). The van der Waals surface area contributed by atoms with Crippen molar-refractivity contribution in [3.63, 3.8) is 0 Å². The smallest absolute Gasteiger partial charge is 0.264 e. The summed E-state index contributed by atoms with van der Waals surface area (Å²) in [6.07, 6.45) is 0. The number of hydrogen-bond acceptors (Lipinski definition) is 4. The Morgan fingerprint density at radius 1 is 0.933 bits per heavy atom. The van der Waals surface area contributed by atoms with E-state index in [1.54, 1.807) is 54.6 Å². The first kappa shape index (κ1) is 21.4. The largest absolute Gasteiger partial charge is 0.497 e. The maximum atomic E-state index is 13.3. The molecular weight excluding hydrogens is 400 g/mol. The van der Waals surface area contributed by atoms with Crippen LogP contribution in [0.2, 0.25) is 0 Å². The third kappa shape index (κ3) is 4.80. The van der Waals surface area contributed by atoms with Crippen LogP contribution in [0.4, 0.5) is 11.4 Å². The Morgan fingerprint density at radius 3 is 2.33 bits per heavy atom. The molecule has 1 N–H and O–H groups in total. The third-order valence-electron chi connectivity index (χ3n) is 4.75. The van der Waals surface area contributed by atoms with Crippen LogP contribution in [0.3, 0.4) is 0 Å². The molecule has 0 spiro atoms. The van der Waals surface area contributed by atoms with Gasteiger partial charge in [0.1, 0.15) is 12.3 Å². The Bertz CT molecular complexity index is 1140. The highest BCUT2D eigenvalue weighted by molar-refractivity contribution is 7.92. The monoisotopic (exact) mass is 424 g/mol. The SMILES string of the molecule is COc1cccc(NC(=O)CN(c2ccc(C)c(C)c2)S(=O)(=O)c2ccccc2)c1. The summed E-state index contributed by atoms with van der Waals surface area (Å²) in [6.45, 7) is 3.49. The van der Waals surface area contributed by atoms with Crippen LogP contribution in [-0.2, 0) is 14.8 Å². The maximum absolute atomic E-state index is 13.3. The number of methoxy groups -OCH3 is 1. The molecule has 156 valence electrons. The van der Waals surface area contributed by atoms with Crippen LogP contribution < -0.4 is 14.4 Å².